The highest BCUT2D eigenvalue weighted by molar-refractivity contribution is 8.00. The van der Waals surface area contributed by atoms with E-state index in [4.69, 9.17) is 0 Å². The Hall–Kier alpha value is -2.30. The third-order valence-corrected chi connectivity index (χ3v) is 5.50. The predicted molar refractivity (Wildman–Crippen MR) is 95.2 cm³/mol. The molecule has 0 fully saturated rings. The van der Waals surface area contributed by atoms with Crippen LogP contribution in [0, 0.1) is 25.2 Å². The first-order valence-corrected chi connectivity index (χ1v) is 9.15. The number of carbonyl (C=O) groups excluding carboxylic acids is 1. The molecular weight excluding hydrogens is 340 g/mol. The van der Waals surface area contributed by atoms with Crippen molar-refractivity contribution in [3.63, 3.8) is 0 Å². The zero-order valence-corrected chi connectivity index (χ0v) is 14.8. The van der Waals surface area contributed by atoms with Gasteiger partial charge in [-0.3, -0.25) is 4.79 Å². The van der Waals surface area contributed by atoms with Crippen LogP contribution in [0.1, 0.15) is 22.3 Å². The number of hydrogen-bond donors (Lipinski definition) is 0. The van der Waals surface area contributed by atoms with Crippen molar-refractivity contribution in [2.24, 2.45) is 0 Å². The number of thioether (sulfide) groups is 1. The highest BCUT2D eigenvalue weighted by Crippen LogP contribution is 2.26. The van der Waals surface area contributed by atoms with Crippen molar-refractivity contribution in [1.82, 2.24) is 15.0 Å². The number of thiazole rings is 1. The van der Waals surface area contributed by atoms with Gasteiger partial charge in [0, 0.05) is 11.1 Å². The smallest absolute Gasteiger partial charge is 0.167 e. The van der Waals surface area contributed by atoms with E-state index >= 15 is 0 Å². The molecule has 0 spiro atoms. The first kappa shape index (κ1) is 16.6. The second-order valence-electron chi connectivity index (χ2n) is 5.25. The number of Topliss-reactive ketones (excluding diaryl/α,β-unsaturated/α-hetero) is 1. The van der Waals surface area contributed by atoms with Gasteiger partial charge in [-0.15, -0.1) is 11.3 Å². The van der Waals surface area contributed by atoms with Crippen LogP contribution in [0.4, 0.5) is 0 Å². The van der Waals surface area contributed by atoms with Crippen LogP contribution in [0.25, 0.3) is 11.0 Å². The van der Waals surface area contributed by atoms with Gasteiger partial charge in [-0.25, -0.2) is 15.0 Å². The standard InChI is InChI=1S/C17H14N4OS2/c1-10-8-23-17(19-10)12(7-18)15(22)9-24-16-11(2)20-13-5-3-4-6-14(13)21-16/h3-6,8,12H,9H2,1-2H3/t12-/m0/s1. The predicted octanol–water partition coefficient (Wildman–Crippen LogP) is 3.67. The van der Waals surface area contributed by atoms with Gasteiger partial charge < -0.3 is 0 Å². The Morgan fingerprint density at radius 1 is 1.25 bits per heavy atom. The number of aryl methyl sites for hydroxylation is 2. The van der Waals surface area contributed by atoms with Gasteiger partial charge in [0.25, 0.3) is 0 Å². The molecule has 0 aliphatic carbocycles. The van der Waals surface area contributed by atoms with Crippen molar-refractivity contribution in [3.8, 4) is 6.07 Å². The molecule has 2 heterocycles. The van der Waals surface area contributed by atoms with Crippen LogP contribution in [0.3, 0.4) is 0 Å². The van der Waals surface area contributed by atoms with Gasteiger partial charge in [-0.2, -0.15) is 5.26 Å². The lowest BCUT2D eigenvalue weighted by atomic mass is 10.1. The highest BCUT2D eigenvalue weighted by atomic mass is 32.2. The number of aromatic nitrogens is 3. The van der Waals surface area contributed by atoms with Crippen molar-refractivity contribution < 1.29 is 4.79 Å². The Morgan fingerprint density at radius 3 is 2.58 bits per heavy atom. The van der Waals surface area contributed by atoms with E-state index in [2.05, 4.69) is 21.0 Å². The number of nitriles is 1. The molecule has 0 aliphatic rings. The van der Waals surface area contributed by atoms with Crippen molar-refractivity contribution in [2.75, 3.05) is 5.75 Å². The maximum absolute atomic E-state index is 12.4. The van der Waals surface area contributed by atoms with Gasteiger partial charge in [-0.1, -0.05) is 23.9 Å². The number of hydrogen-bond acceptors (Lipinski definition) is 7. The fourth-order valence-corrected chi connectivity index (χ4v) is 3.93. The second kappa shape index (κ2) is 7.07. The molecule has 0 saturated carbocycles. The first-order chi connectivity index (χ1) is 11.6. The molecule has 3 aromatic rings. The lowest BCUT2D eigenvalue weighted by Gasteiger charge is -2.07. The average molecular weight is 354 g/mol. The number of para-hydroxylation sites is 2. The zero-order chi connectivity index (χ0) is 17.1. The van der Waals surface area contributed by atoms with Gasteiger partial charge in [0.1, 0.15) is 10.0 Å². The number of ketones is 1. The summed E-state index contributed by atoms with van der Waals surface area (Å²) < 4.78 is 0. The third kappa shape index (κ3) is 3.45. The van der Waals surface area contributed by atoms with Crippen LogP contribution in [0.2, 0.25) is 0 Å². The number of nitrogens with zero attached hydrogens (tertiary/aromatic N) is 4. The van der Waals surface area contributed by atoms with Crippen molar-refractivity contribution in [2.45, 2.75) is 24.8 Å². The Labute approximate surface area is 147 Å². The molecule has 0 amide bonds. The number of rotatable bonds is 5. The van der Waals surface area contributed by atoms with E-state index in [1.165, 1.54) is 23.1 Å². The number of fused-ring (bicyclic) bond motifs is 1. The van der Waals surface area contributed by atoms with Crippen LogP contribution < -0.4 is 0 Å². The largest absolute Gasteiger partial charge is 0.297 e. The second-order valence-corrected chi connectivity index (χ2v) is 7.10. The van der Waals surface area contributed by atoms with Crippen molar-refractivity contribution >= 4 is 39.9 Å². The highest BCUT2D eigenvalue weighted by Gasteiger charge is 2.23. The van der Waals surface area contributed by atoms with Crippen LogP contribution in [-0.4, -0.2) is 26.5 Å². The quantitative estimate of drug-likeness (QED) is 0.650. The van der Waals surface area contributed by atoms with E-state index in [-0.39, 0.29) is 11.5 Å². The number of benzene rings is 1. The van der Waals surface area contributed by atoms with E-state index in [1.807, 2.05) is 43.5 Å². The molecular formula is C17H14N4OS2. The summed E-state index contributed by atoms with van der Waals surface area (Å²) in [4.78, 5) is 25.7. The first-order valence-electron chi connectivity index (χ1n) is 7.29. The van der Waals surface area contributed by atoms with E-state index < -0.39 is 5.92 Å². The van der Waals surface area contributed by atoms with Gasteiger partial charge in [-0.05, 0) is 26.0 Å². The Balaban J connectivity index is 1.76. The molecule has 0 unspecified atom stereocenters. The van der Waals surface area contributed by atoms with Crippen LogP contribution in [-0.2, 0) is 4.79 Å². The fraction of sp³-hybridized carbons (Fsp3) is 0.235. The Kier molecular flexibility index (Phi) is 4.88. The van der Waals surface area contributed by atoms with E-state index in [1.54, 1.807) is 0 Å². The molecule has 7 heteroatoms. The molecule has 0 aliphatic heterocycles. The van der Waals surface area contributed by atoms with Gasteiger partial charge in [0.05, 0.1) is 28.5 Å². The fourth-order valence-electron chi connectivity index (χ4n) is 2.20. The normalized spacial score (nSPS) is 12.0. The molecule has 120 valence electrons. The summed E-state index contributed by atoms with van der Waals surface area (Å²) in [5, 5.41) is 12.4. The maximum Gasteiger partial charge on any atom is 0.167 e. The van der Waals surface area contributed by atoms with E-state index in [9.17, 15) is 10.1 Å². The number of carbonyl (C=O) groups is 1. The minimum Gasteiger partial charge on any atom is -0.297 e. The van der Waals surface area contributed by atoms with Crippen LogP contribution in [0.15, 0.2) is 34.7 Å². The molecule has 1 atom stereocenters. The third-order valence-electron chi connectivity index (χ3n) is 3.39. The van der Waals surface area contributed by atoms with Crippen LogP contribution in [0.5, 0.6) is 0 Å². The molecule has 0 bridgehead atoms. The molecule has 1 aromatic carbocycles. The minimum absolute atomic E-state index is 0.161. The monoisotopic (exact) mass is 354 g/mol. The van der Waals surface area contributed by atoms with Gasteiger partial charge in [0.15, 0.2) is 11.7 Å². The lowest BCUT2D eigenvalue weighted by molar-refractivity contribution is -0.116. The summed E-state index contributed by atoms with van der Waals surface area (Å²) in [6, 6.07) is 9.68. The summed E-state index contributed by atoms with van der Waals surface area (Å²) in [5.41, 5.74) is 3.24. The molecule has 3 rings (SSSR count). The summed E-state index contributed by atoms with van der Waals surface area (Å²) in [6.07, 6.45) is 0. The summed E-state index contributed by atoms with van der Waals surface area (Å²) in [5.74, 6) is -0.804. The molecule has 24 heavy (non-hydrogen) atoms. The molecule has 2 aromatic heterocycles. The SMILES string of the molecule is Cc1csc([C@@H](C#N)C(=O)CSc2nc3ccccc3nc2C)n1. The minimum atomic E-state index is -0.815. The Bertz CT molecular complexity index is 945. The van der Waals surface area contributed by atoms with Crippen molar-refractivity contribution in [3.05, 3.63) is 46.0 Å². The average Bonchev–Trinajstić information content (AvgIpc) is 2.99. The maximum atomic E-state index is 12.4. The summed E-state index contributed by atoms with van der Waals surface area (Å²) in [7, 11) is 0. The molecule has 0 N–H and O–H groups in total. The molecule has 5 nitrogen and oxygen atoms in total. The van der Waals surface area contributed by atoms with E-state index in [0.29, 0.717) is 10.0 Å². The molecule has 0 radical (unpaired) electrons. The van der Waals surface area contributed by atoms with Crippen LogP contribution >= 0.6 is 23.1 Å². The van der Waals surface area contributed by atoms with Gasteiger partial charge >= 0.3 is 0 Å². The van der Waals surface area contributed by atoms with Gasteiger partial charge in [0.2, 0.25) is 0 Å². The topological polar surface area (TPSA) is 79.5 Å². The molecule has 0 saturated heterocycles. The summed E-state index contributed by atoms with van der Waals surface area (Å²) >= 11 is 2.66. The van der Waals surface area contributed by atoms with E-state index in [0.717, 1.165) is 22.4 Å². The zero-order valence-electron chi connectivity index (χ0n) is 13.2. The lowest BCUT2D eigenvalue weighted by Crippen LogP contribution is -2.13. The van der Waals surface area contributed by atoms with Crippen molar-refractivity contribution in [1.29, 1.82) is 5.26 Å². The summed E-state index contributed by atoms with van der Waals surface area (Å²) in [6.45, 7) is 3.72. The Morgan fingerprint density at radius 2 is 1.96 bits per heavy atom.